The van der Waals surface area contributed by atoms with Crippen molar-refractivity contribution in [1.29, 1.82) is 5.26 Å². The molecule has 5 aromatic rings. The van der Waals surface area contributed by atoms with Gasteiger partial charge in [-0.25, -0.2) is 8.42 Å². The van der Waals surface area contributed by atoms with E-state index in [1.807, 2.05) is 62.4 Å². The molecule has 0 aliphatic carbocycles. The molecule has 3 aromatic carbocycles. The van der Waals surface area contributed by atoms with Gasteiger partial charge >= 0.3 is 0 Å². The summed E-state index contributed by atoms with van der Waals surface area (Å²) in [5.41, 5.74) is 3.05. The molecule has 1 fully saturated rings. The SMILES string of the molecule is CCOc1ccccc1C1(N2CCN(c3ccncc3)CC2)CN(S(=O)(=O)c2ccc(OCC)c3cccnc23)c2ccc(C#N)cc21. The van der Waals surface area contributed by atoms with Crippen LogP contribution in [0, 0.1) is 11.3 Å². The molecule has 11 heteroatoms. The minimum Gasteiger partial charge on any atom is -0.494 e. The Morgan fingerprint density at radius 1 is 0.833 bits per heavy atom. The predicted molar refractivity (Wildman–Crippen MR) is 185 cm³/mol. The Morgan fingerprint density at radius 2 is 1.58 bits per heavy atom. The third kappa shape index (κ3) is 5.18. The van der Waals surface area contributed by atoms with Gasteiger partial charge in [-0.1, -0.05) is 18.2 Å². The molecule has 0 saturated carbocycles. The number of fused-ring (bicyclic) bond motifs is 2. The van der Waals surface area contributed by atoms with E-state index >= 15 is 8.42 Å². The van der Waals surface area contributed by atoms with Crippen molar-refractivity contribution >= 4 is 32.3 Å². The van der Waals surface area contributed by atoms with Crippen LogP contribution in [0.25, 0.3) is 10.9 Å². The molecule has 2 aliphatic heterocycles. The van der Waals surface area contributed by atoms with Crippen LogP contribution >= 0.6 is 0 Å². The molecule has 0 radical (unpaired) electrons. The normalized spacial score (nSPS) is 18.0. The Bertz CT molecular complexity index is 2110. The van der Waals surface area contributed by atoms with Crippen LogP contribution in [0.1, 0.15) is 30.5 Å². The lowest BCUT2D eigenvalue weighted by Gasteiger charge is -2.47. The van der Waals surface area contributed by atoms with Gasteiger partial charge in [0.25, 0.3) is 10.0 Å². The highest BCUT2D eigenvalue weighted by Crippen LogP contribution is 2.52. The molecule has 1 unspecified atom stereocenters. The highest BCUT2D eigenvalue weighted by molar-refractivity contribution is 7.93. The molecule has 0 amide bonds. The molecule has 4 heterocycles. The minimum absolute atomic E-state index is 0.0838. The Balaban J connectivity index is 1.41. The molecule has 7 rings (SSSR count). The van der Waals surface area contributed by atoms with Crippen LogP contribution in [0.3, 0.4) is 0 Å². The molecular weight excluding hydrogens is 625 g/mol. The predicted octanol–water partition coefficient (Wildman–Crippen LogP) is 5.57. The summed E-state index contributed by atoms with van der Waals surface area (Å²) in [6.45, 7) is 7.51. The number of anilines is 2. The van der Waals surface area contributed by atoms with E-state index in [1.54, 1.807) is 48.9 Å². The van der Waals surface area contributed by atoms with Crippen molar-refractivity contribution in [3.8, 4) is 17.6 Å². The fourth-order valence-corrected chi connectivity index (χ4v) is 8.80. The Labute approximate surface area is 280 Å². The van der Waals surface area contributed by atoms with E-state index in [9.17, 15) is 5.26 Å². The van der Waals surface area contributed by atoms with Gasteiger partial charge in [-0.05, 0) is 74.5 Å². The fraction of sp³-hybridized carbons (Fsp3) is 0.270. The number of benzene rings is 3. The molecule has 1 atom stereocenters. The zero-order valence-corrected chi connectivity index (χ0v) is 27.7. The lowest BCUT2D eigenvalue weighted by molar-refractivity contribution is 0.124. The van der Waals surface area contributed by atoms with E-state index in [4.69, 9.17) is 9.47 Å². The highest BCUT2D eigenvalue weighted by atomic mass is 32.2. The van der Waals surface area contributed by atoms with Crippen LogP contribution in [-0.2, 0) is 15.6 Å². The average molecular weight is 661 g/mol. The number of pyridine rings is 2. The Kier molecular flexibility index (Phi) is 8.37. The summed E-state index contributed by atoms with van der Waals surface area (Å²) in [7, 11) is -4.18. The first-order valence-corrected chi connectivity index (χ1v) is 17.6. The van der Waals surface area contributed by atoms with Crippen molar-refractivity contribution in [1.82, 2.24) is 14.9 Å². The summed E-state index contributed by atoms with van der Waals surface area (Å²) in [6, 6.07) is 26.3. The van der Waals surface area contributed by atoms with Crippen molar-refractivity contribution in [2.45, 2.75) is 24.3 Å². The van der Waals surface area contributed by atoms with Crippen molar-refractivity contribution in [3.05, 3.63) is 114 Å². The van der Waals surface area contributed by atoms with Crippen LogP contribution in [-0.4, -0.2) is 69.2 Å². The minimum atomic E-state index is -4.18. The van der Waals surface area contributed by atoms with E-state index < -0.39 is 15.6 Å². The summed E-state index contributed by atoms with van der Waals surface area (Å²) in [6.07, 6.45) is 5.18. The van der Waals surface area contributed by atoms with Crippen molar-refractivity contribution in [2.75, 3.05) is 55.1 Å². The number of piperazine rings is 1. The Morgan fingerprint density at radius 3 is 2.33 bits per heavy atom. The molecule has 48 heavy (non-hydrogen) atoms. The van der Waals surface area contributed by atoms with E-state index in [-0.39, 0.29) is 11.4 Å². The number of ether oxygens (including phenoxy) is 2. The van der Waals surface area contributed by atoms with Crippen molar-refractivity contribution < 1.29 is 17.9 Å². The summed E-state index contributed by atoms with van der Waals surface area (Å²) < 4.78 is 43.6. The van der Waals surface area contributed by atoms with Gasteiger partial charge in [0.05, 0.1) is 48.1 Å². The second-order valence-electron chi connectivity index (χ2n) is 11.7. The lowest BCUT2D eigenvalue weighted by Crippen LogP contribution is -2.58. The molecule has 1 saturated heterocycles. The first-order valence-electron chi connectivity index (χ1n) is 16.1. The van der Waals surface area contributed by atoms with Gasteiger partial charge in [-0.15, -0.1) is 0 Å². The quantitative estimate of drug-likeness (QED) is 0.200. The smallest absolute Gasteiger partial charge is 0.266 e. The topological polar surface area (TPSA) is 112 Å². The number of nitrogens with zero attached hydrogens (tertiary/aromatic N) is 6. The van der Waals surface area contributed by atoms with Gasteiger partial charge in [0.2, 0.25) is 0 Å². The first kappa shape index (κ1) is 31.4. The standard InChI is InChI=1S/C37H36N6O4S/c1-3-46-33-13-14-35(36-29(33)8-7-17-40-36)48(44,45)43-26-37(30-9-5-6-10-34(30)47-4-2,31-24-27(25-38)11-12-32(31)43)42-22-20-41(21-23-42)28-15-18-39-19-16-28/h5-19,24H,3-4,20-23,26H2,1-2H3. The zero-order chi connectivity index (χ0) is 33.3. The first-order chi connectivity index (χ1) is 23.4. The monoisotopic (exact) mass is 660 g/mol. The number of hydrogen-bond donors (Lipinski definition) is 0. The molecule has 10 nitrogen and oxygen atoms in total. The van der Waals surface area contributed by atoms with E-state index in [0.29, 0.717) is 60.0 Å². The summed E-state index contributed by atoms with van der Waals surface area (Å²) in [5.74, 6) is 1.25. The van der Waals surface area contributed by atoms with Crippen LogP contribution in [0.4, 0.5) is 11.4 Å². The maximum absolute atomic E-state index is 15.0. The van der Waals surface area contributed by atoms with Gasteiger partial charge in [-0.3, -0.25) is 19.2 Å². The van der Waals surface area contributed by atoms with Gasteiger partial charge in [-0.2, -0.15) is 5.26 Å². The molecule has 2 aromatic heterocycles. The number of nitriles is 1. The van der Waals surface area contributed by atoms with Crippen LogP contribution in [0.15, 0.2) is 102 Å². The average Bonchev–Trinajstić information content (AvgIpc) is 3.49. The van der Waals surface area contributed by atoms with E-state index in [2.05, 4.69) is 25.8 Å². The van der Waals surface area contributed by atoms with Crippen molar-refractivity contribution in [2.24, 2.45) is 0 Å². The van der Waals surface area contributed by atoms with Gasteiger partial charge in [0, 0.05) is 67.0 Å². The largest absolute Gasteiger partial charge is 0.494 e. The lowest BCUT2D eigenvalue weighted by atomic mass is 9.81. The van der Waals surface area contributed by atoms with Crippen LogP contribution in [0.2, 0.25) is 0 Å². The molecule has 0 bridgehead atoms. The third-order valence-electron chi connectivity index (χ3n) is 9.25. The van der Waals surface area contributed by atoms with E-state index in [1.165, 1.54) is 4.31 Å². The molecule has 0 spiro atoms. The number of hydrogen-bond acceptors (Lipinski definition) is 9. The third-order valence-corrected chi connectivity index (χ3v) is 11.0. The summed E-state index contributed by atoms with van der Waals surface area (Å²) >= 11 is 0. The fourth-order valence-electron chi connectivity index (χ4n) is 7.14. The number of sulfonamides is 1. The number of para-hydroxylation sites is 1. The molecule has 2 aliphatic rings. The van der Waals surface area contributed by atoms with Gasteiger partial charge in [0.1, 0.15) is 16.4 Å². The molecule has 244 valence electrons. The maximum Gasteiger partial charge on any atom is 0.266 e. The van der Waals surface area contributed by atoms with Gasteiger partial charge in [0.15, 0.2) is 0 Å². The van der Waals surface area contributed by atoms with Gasteiger partial charge < -0.3 is 14.4 Å². The molecule has 0 N–H and O–H groups in total. The second kappa shape index (κ2) is 12.8. The molecular formula is C37H36N6O4S. The second-order valence-corrected chi connectivity index (χ2v) is 13.5. The highest BCUT2D eigenvalue weighted by Gasteiger charge is 2.53. The summed E-state index contributed by atoms with van der Waals surface area (Å²) in [4.78, 5) is 13.5. The van der Waals surface area contributed by atoms with Crippen LogP contribution in [0.5, 0.6) is 11.5 Å². The van der Waals surface area contributed by atoms with E-state index in [0.717, 1.165) is 29.9 Å². The summed E-state index contributed by atoms with van der Waals surface area (Å²) in [5, 5.41) is 10.7. The zero-order valence-electron chi connectivity index (χ0n) is 26.9. The number of rotatable bonds is 9. The maximum atomic E-state index is 15.0. The van der Waals surface area contributed by atoms with Crippen LogP contribution < -0.4 is 18.7 Å². The van der Waals surface area contributed by atoms with Crippen molar-refractivity contribution in [3.63, 3.8) is 0 Å². The Hall–Kier alpha value is -5.18. The number of aromatic nitrogens is 2.